The average Bonchev–Trinajstić information content (AvgIpc) is 1.97. The predicted octanol–water partition coefficient (Wildman–Crippen LogP) is 2.88. The summed E-state index contributed by atoms with van der Waals surface area (Å²) < 4.78 is 82.2. The monoisotopic (exact) mass is 252 g/mol. The predicted molar refractivity (Wildman–Crippen MR) is 40.5 cm³/mol. The van der Waals surface area contributed by atoms with Crippen molar-refractivity contribution in [3.63, 3.8) is 0 Å². The van der Waals surface area contributed by atoms with Crippen molar-refractivity contribution in [2.24, 2.45) is 5.41 Å². The standard InChI is InChI=1S/C8H10F6O2/c9-7(10,11)1-6(2-8(12,13)14)3-15-5-16-4-6/h1-5H2. The van der Waals surface area contributed by atoms with Gasteiger partial charge in [-0.05, 0) is 0 Å². The molecule has 1 aliphatic heterocycles. The lowest BCUT2D eigenvalue weighted by Gasteiger charge is -2.37. The Morgan fingerprint density at radius 3 is 1.50 bits per heavy atom. The molecule has 0 unspecified atom stereocenters. The van der Waals surface area contributed by atoms with Crippen LogP contribution < -0.4 is 0 Å². The van der Waals surface area contributed by atoms with Crippen LogP contribution in [0.2, 0.25) is 0 Å². The van der Waals surface area contributed by atoms with Crippen molar-refractivity contribution >= 4 is 0 Å². The summed E-state index contributed by atoms with van der Waals surface area (Å²) in [5.74, 6) is 0. The molecule has 0 radical (unpaired) electrons. The van der Waals surface area contributed by atoms with E-state index >= 15 is 0 Å². The molecule has 16 heavy (non-hydrogen) atoms. The molecule has 0 saturated carbocycles. The minimum Gasteiger partial charge on any atom is -0.355 e. The minimum atomic E-state index is -4.67. The van der Waals surface area contributed by atoms with Gasteiger partial charge in [0.2, 0.25) is 0 Å². The van der Waals surface area contributed by atoms with Gasteiger partial charge in [-0.2, -0.15) is 26.3 Å². The Morgan fingerprint density at radius 2 is 1.19 bits per heavy atom. The van der Waals surface area contributed by atoms with Gasteiger partial charge >= 0.3 is 12.4 Å². The van der Waals surface area contributed by atoms with Gasteiger partial charge in [-0.1, -0.05) is 0 Å². The van der Waals surface area contributed by atoms with Crippen LogP contribution in [0.25, 0.3) is 0 Å². The van der Waals surface area contributed by atoms with Crippen molar-refractivity contribution in [2.75, 3.05) is 20.0 Å². The van der Waals surface area contributed by atoms with E-state index in [-0.39, 0.29) is 6.79 Å². The summed E-state index contributed by atoms with van der Waals surface area (Å²) in [5.41, 5.74) is -2.05. The second kappa shape index (κ2) is 4.40. The number of halogens is 6. The third-order valence-corrected chi connectivity index (χ3v) is 2.13. The Hall–Kier alpha value is -0.500. The minimum absolute atomic E-state index is 0.266. The summed E-state index contributed by atoms with van der Waals surface area (Å²) in [5, 5.41) is 0. The number of hydrogen-bond acceptors (Lipinski definition) is 2. The molecule has 1 fully saturated rings. The molecule has 0 N–H and O–H groups in total. The third kappa shape index (κ3) is 4.56. The Labute approximate surface area is 87.5 Å². The average molecular weight is 252 g/mol. The SMILES string of the molecule is FC(F)(F)CC1(CC(F)(F)F)COCOC1. The van der Waals surface area contributed by atoms with Gasteiger partial charge in [0.15, 0.2) is 0 Å². The van der Waals surface area contributed by atoms with Gasteiger partial charge in [0.1, 0.15) is 6.79 Å². The molecule has 0 aliphatic carbocycles. The maximum Gasteiger partial charge on any atom is 0.389 e. The molecular weight excluding hydrogens is 242 g/mol. The van der Waals surface area contributed by atoms with Crippen molar-refractivity contribution in [1.82, 2.24) is 0 Å². The van der Waals surface area contributed by atoms with Crippen LogP contribution >= 0.6 is 0 Å². The van der Waals surface area contributed by atoms with Gasteiger partial charge in [0.05, 0.1) is 26.1 Å². The van der Waals surface area contributed by atoms with E-state index in [4.69, 9.17) is 0 Å². The summed E-state index contributed by atoms with van der Waals surface area (Å²) >= 11 is 0. The highest BCUT2D eigenvalue weighted by atomic mass is 19.4. The maximum absolute atomic E-state index is 12.2. The van der Waals surface area contributed by atoms with Crippen molar-refractivity contribution in [2.45, 2.75) is 25.2 Å². The van der Waals surface area contributed by atoms with E-state index in [1.165, 1.54) is 0 Å². The molecule has 0 atom stereocenters. The molecule has 0 bridgehead atoms. The van der Waals surface area contributed by atoms with E-state index in [1.54, 1.807) is 0 Å². The number of ether oxygens (including phenoxy) is 2. The van der Waals surface area contributed by atoms with E-state index in [0.29, 0.717) is 0 Å². The summed E-state index contributed by atoms with van der Waals surface area (Å²) in [6, 6.07) is 0. The molecule has 1 aliphatic rings. The van der Waals surface area contributed by atoms with Crippen molar-refractivity contribution in [1.29, 1.82) is 0 Å². The largest absolute Gasteiger partial charge is 0.389 e. The smallest absolute Gasteiger partial charge is 0.355 e. The van der Waals surface area contributed by atoms with Crippen molar-refractivity contribution in [3.8, 4) is 0 Å². The van der Waals surface area contributed by atoms with E-state index in [2.05, 4.69) is 9.47 Å². The van der Waals surface area contributed by atoms with Gasteiger partial charge in [-0.15, -0.1) is 0 Å². The van der Waals surface area contributed by atoms with Crippen LogP contribution in [0, 0.1) is 5.41 Å². The Morgan fingerprint density at radius 1 is 0.812 bits per heavy atom. The van der Waals surface area contributed by atoms with Crippen LogP contribution in [0.3, 0.4) is 0 Å². The van der Waals surface area contributed by atoms with E-state index in [9.17, 15) is 26.3 Å². The van der Waals surface area contributed by atoms with Crippen LogP contribution in [-0.2, 0) is 9.47 Å². The molecule has 1 rings (SSSR count). The first-order valence-electron chi connectivity index (χ1n) is 4.41. The van der Waals surface area contributed by atoms with Gasteiger partial charge < -0.3 is 9.47 Å². The Balaban J connectivity index is 2.75. The first-order valence-corrected chi connectivity index (χ1v) is 4.41. The highest BCUT2D eigenvalue weighted by Gasteiger charge is 2.50. The Kier molecular flexibility index (Phi) is 3.73. The van der Waals surface area contributed by atoms with Gasteiger partial charge in [0.25, 0.3) is 0 Å². The molecular formula is C8H10F6O2. The second-order valence-electron chi connectivity index (χ2n) is 3.90. The summed E-state index contributed by atoms with van der Waals surface area (Å²) in [6.07, 6.45) is -12.5. The Bertz CT molecular complexity index is 210. The molecule has 8 heteroatoms. The topological polar surface area (TPSA) is 18.5 Å². The lowest BCUT2D eigenvalue weighted by molar-refractivity contribution is -0.250. The zero-order valence-electron chi connectivity index (χ0n) is 8.12. The fraction of sp³-hybridized carbons (Fsp3) is 1.00. The lowest BCUT2D eigenvalue weighted by Crippen LogP contribution is -2.44. The van der Waals surface area contributed by atoms with Gasteiger partial charge in [-0.3, -0.25) is 0 Å². The summed E-state index contributed by atoms with van der Waals surface area (Å²) in [7, 11) is 0. The third-order valence-electron chi connectivity index (χ3n) is 2.13. The van der Waals surface area contributed by atoms with Crippen LogP contribution in [0.15, 0.2) is 0 Å². The highest BCUT2D eigenvalue weighted by molar-refractivity contribution is 4.85. The zero-order chi connectivity index (χ0) is 12.4. The molecule has 0 aromatic heterocycles. The molecule has 0 amide bonds. The fourth-order valence-corrected chi connectivity index (χ4v) is 1.73. The van der Waals surface area contributed by atoms with Gasteiger partial charge in [-0.25, -0.2) is 0 Å². The molecule has 2 nitrogen and oxygen atoms in total. The van der Waals surface area contributed by atoms with Gasteiger partial charge in [0, 0.05) is 5.41 Å². The first-order chi connectivity index (χ1) is 7.12. The maximum atomic E-state index is 12.2. The molecule has 1 heterocycles. The van der Waals surface area contributed by atoms with Crippen LogP contribution in [0.1, 0.15) is 12.8 Å². The number of hydrogen-bond donors (Lipinski definition) is 0. The van der Waals surface area contributed by atoms with E-state index in [1.807, 2.05) is 0 Å². The number of rotatable bonds is 2. The lowest BCUT2D eigenvalue weighted by atomic mass is 9.81. The zero-order valence-corrected chi connectivity index (χ0v) is 8.12. The fourth-order valence-electron chi connectivity index (χ4n) is 1.73. The van der Waals surface area contributed by atoms with Crippen LogP contribution in [-0.4, -0.2) is 32.4 Å². The van der Waals surface area contributed by atoms with E-state index < -0.39 is 43.8 Å². The quantitative estimate of drug-likeness (QED) is 0.703. The summed E-state index contributed by atoms with van der Waals surface area (Å²) in [6.45, 7) is -1.45. The molecule has 0 spiro atoms. The van der Waals surface area contributed by atoms with Crippen molar-refractivity contribution in [3.05, 3.63) is 0 Å². The van der Waals surface area contributed by atoms with Crippen LogP contribution in [0.4, 0.5) is 26.3 Å². The second-order valence-corrected chi connectivity index (χ2v) is 3.90. The molecule has 96 valence electrons. The molecule has 0 aromatic carbocycles. The first kappa shape index (κ1) is 13.6. The molecule has 1 saturated heterocycles. The highest BCUT2D eigenvalue weighted by Crippen LogP contribution is 2.43. The van der Waals surface area contributed by atoms with E-state index in [0.717, 1.165) is 0 Å². The van der Waals surface area contributed by atoms with Crippen LogP contribution in [0.5, 0.6) is 0 Å². The summed E-state index contributed by atoms with van der Waals surface area (Å²) in [4.78, 5) is 0. The normalized spacial score (nSPS) is 22.1. The number of alkyl halides is 6. The molecule has 0 aromatic rings. The van der Waals surface area contributed by atoms with Crippen molar-refractivity contribution < 1.29 is 35.8 Å².